The van der Waals surface area contributed by atoms with Crippen molar-refractivity contribution in [1.82, 2.24) is 14.8 Å². The number of nitrogens with zero attached hydrogens (tertiary/aromatic N) is 4. The first-order valence-electron chi connectivity index (χ1n) is 9.92. The van der Waals surface area contributed by atoms with Crippen LogP contribution < -0.4 is 10.2 Å². The van der Waals surface area contributed by atoms with Crippen molar-refractivity contribution < 1.29 is 9.18 Å². The fourth-order valence-electron chi connectivity index (χ4n) is 3.52. The summed E-state index contributed by atoms with van der Waals surface area (Å²) in [7, 11) is 0. The van der Waals surface area contributed by atoms with E-state index in [2.05, 4.69) is 15.4 Å². The molecule has 0 radical (unpaired) electrons. The minimum atomic E-state index is -0.347. The number of halogens is 1. The number of urea groups is 1. The number of hydrogen-bond acceptors (Lipinski definition) is 3. The smallest absolute Gasteiger partial charge is 0.307 e. The van der Waals surface area contributed by atoms with Crippen LogP contribution in [0.3, 0.4) is 0 Å². The Labute approximate surface area is 169 Å². The van der Waals surface area contributed by atoms with Crippen LogP contribution in [0.5, 0.6) is 0 Å². The second kappa shape index (κ2) is 8.43. The van der Waals surface area contributed by atoms with E-state index in [4.69, 9.17) is 0 Å². The number of para-hydroxylation sites is 1. The topological polar surface area (TPSA) is 63.1 Å². The van der Waals surface area contributed by atoms with E-state index in [1.807, 2.05) is 35.9 Å². The van der Waals surface area contributed by atoms with Gasteiger partial charge in [0.15, 0.2) is 5.82 Å². The monoisotopic (exact) mass is 393 g/mol. The van der Waals surface area contributed by atoms with E-state index in [1.165, 1.54) is 18.6 Å². The fraction of sp³-hybridized carbons (Fsp3) is 0.318. The van der Waals surface area contributed by atoms with Gasteiger partial charge in [-0.25, -0.2) is 18.9 Å². The highest BCUT2D eigenvalue weighted by Gasteiger charge is 2.21. The Balaban J connectivity index is 1.61. The lowest BCUT2D eigenvalue weighted by Gasteiger charge is -2.22. The standard InChI is InChI=1S/C22H24FN5O/c1-16-7-4-5-8-19(16)24-22(29)27(18-12-10-17(23)11-13-18)15-20-25-21-9-3-2-6-14-28(21)26-20/h4-5,7-8,10-13H,2-3,6,9,14-15H2,1H3,(H,24,29). The highest BCUT2D eigenvalue weighted by atomic mass is 19.1. The molecule has 3 aromatic rings. The highest BCUT2D eigenvalue weighted by Crippen LogP contribution is 2.21. The Kier molecular flexibility index (Phi) is 5.55. The third-order valence-electron chi connectivity index (χ3n) is 5.13. The molecular weight excluding hydrogens is 369 g/mol. The Bertz CT molecular complexity index is 975. The average Bonchev–Trinajstić information content (AvgIpc) is 2.97. The quantitative estimate of drug-likeness (QED) is 0.699. The highest BCUT2D eigenvalue weighted by molar-refractivity contribution is 6.01. The van der Waals surface area contributed by atoms with Crippen LogP contribution >= 0.6 is 0 Å². The minimum absolute atomic E-state index is 0.212. The number of nitrogens with one attached hydrogen (secondary N) is 1. The summed E-state index contributed by atoms with van der Waals surface area (Å²) in [6, 6.07) is 13.2. The molecule has 1 N–H and O–H groups in total. The fourth-order valence-corrected chi connectivity index (χ4v) is 3.52. The van der Waals surface area contributed by atoms with Crippen LogP contribution in [0.25, 0.3) is 0 Å². The molecule has 2 heterocycles. The van der Waals surface area contributed by atoms with Gasteiger partial charge in [0.1, 0.15) is 11.6 Å². The molecule has 0 fully saturated rings. The zero-order chi connectivity index (χ0) is 20.2. The molecule has 29 heavy (non-hydrogen) atoms. The molecule has 0 saturated heterocycles. The van der Waals surface area contributed by atoms with Crippen molar-refractivity contribution in [3.63, 3.8) is 0 Å². The van der Waals surface area contributed by atoms with Crippen molar-refractivity contribution in [3.8, 4) is 0 Å². The van der Waals surface area contributed by atoms with Gasteiger partial charge in [-0.15, -0.1) is 0 Å². The van der Waals surface area contributed by atoms with Crippen molar-refractivity contribution >= 4 is 17.4 Å². The normalized spacial score (nSPS) is 13.4. The van der Waals surface area contributed by atoms with Gasteiger partial charge in [0, 0.05) is 24.3 Å². The molecule has 0 aliphatic carbocycles. The van der Waals surface area contributed by atoms with Crippen LogP contribution in [0, 0.1) is 12.7 Å². The molecule has 7 heteroatoms. The maximum Gasteiger partial charge on any atom is 0.326 e. The number of benzene rings is 2. The Hall–Kier alpha value is -3.22. The Morgan fingerprint density at radius 2 is 1.93 bits per heavy atom. The maximum atomic E-state index is 13.4. The largest absolute Gasteiger partial charge is 0.326 e. The maximum absolute atomic E-state index is 13.4. The van der Waals surface area contributed by atoms with Crippen LogP contribution in [0.15, 0.2) is 48.5 Å². The summed E-state index contributed by atoms with van der Waals surface area (Å²) in [6.45, 7) is 3.00. The van der Waals surface area contributed by atoms with E-state index in [9.17, 15) is 9.18 Å². The van der Waals surface area contributed by atoms with Crippen molar-refractivity contribution in [3.05, 3.63) is 71.6 Å². The number of carbonyl (C=O) groups excluding carboxylic acids is 1. The Morgan fingerprint density at radius 1 is 1.14 bits per heavy atom. The molecule has 4 rings (SSSR count). The van der Waals surface area contributed by atoms with Crippen molar-refractivity contribution in [1.29, 1.82) is 0 Å². The third-order valence-corrected chi connectivity index (χ3v) is 5.13. The number of anilines is 2. The lowest BCUT2D eigenvalue weighted by Crippen LogP contribution is -2.35. The van der Waals surface area contributed by atoms with Gasteiger partial charge in [-0.2, -0.15) is 5.10 Å². The first-order valence-corrected chi connectivity index (χ1v) is 9.92. The van der Waals surface area contributed by atoms with Gasteiger partial charge in [-0.05, 0) is 55.7 Å². The first-order chi connectivity index (χ1) is 14.1. The van der Waals surface area contributed by atoms with Crippen molar-refractivity contribution in [2.24, 2.45) is 0 Å². The molecule has 1 aromatic heterocycles. The lowest BCUT2D eigenvalue weighted by molar-refractivity contribution is 0.256. The van der Waals surface area contributed by atoms with Gasteiger partial charge >= 0.3 is 6.03 Å². The van der Waals surface area contributed by atoms with Gasteiger partial charge in [-0.1, -0.05) is 24.6 Å². The van der Waals surface area contributed by atoms with Crippen LogP contribution in [0.1, 0.15) is 36.5 Å². The van der Waals surface area contributed by atoms with Crippen LogP contribution in [0.4, 0.5) is 20.6 Å². The molecule has 1 aliphatic heterocycles. The molecule has 1 aliphatic rings. The van der Waals surface area contributed by atoms with Gasteiger partial charge < -0.3 is 5.32 Å². The zero-order valence-electron chi connectivity index (χ0n) is 16.4. The van der Waals surface area contributed by atoms with Crippen LogP contribution in [-0.4, -0.2) is 20.8 Å². The number of aromatic nitrogens is 3. The van der Waals surface area contributed by atoms with Crippen LogP contribution in [-0.2, 0) is 19.5 Å². The summed E-state index contributed by atoms with van der Waals surface area (Å²) in [4.78, 5) is 19.3. The van der Waals surface area contributed by atoms with E-state index in [0.29, 0.717) is 11.5 Å². The van der Waals surface area contributed by atoms with Crippen molar-refractivity contribution in [2.75, 3.05) is 10.2 Å². The molecule has 0 unspecified atom stereocenters. The molecule has 150 valence electrons. The summed E-state index contributed by atoms with van der Waals surface area (Å²) in [5.74, 6) is 1.21. The molecule has 0 saturated carbocycles. The summed E-state index contributed by atoms with van der Waals surface area (Å²) < 4.78 is 15.4. The second-order valence-corrected chi connectivity index (χ2v) is 7.29. The second-order valence-electron chi connectivity index (χ2n) is 7.29. The number of aryl methyl sites for hydroxylation is 3. The van der Waals surface area contributed by atoms with Gasteiger partial charge in [0.2, 0.25) is 0 Å². The summed E-state index contributed by atoms with van der Waals surface area (Å²) in [6.07, 6.45) is 4.28. The predicted octanol–water partition coefficient (Wildman–Crippen LogP) is 4.69. The number of fused-ring (bicyclic) bond motifs is 1. The number of carbonyl (C=O) groups is 1. The molecule has 0 atom stereocenters. The van der Waals surface area contributed by atoms with E-state index < -0.39 is 0 Å². The molecular formula is C22H24FN5O. The van der Waals surface area contributed by atoms with E-state index in [1.54, 1.807) is 17.0 Å². The molecule has 6 nitrogen and oxygen atoms in total. The van der Waals surface area contributed by atoms with Gasteiger partial charge in [-0.3, -0.25) is 4.90 Å². The van der Waals surface area contributed by atoms with Crippen molar-refractivity contribution in [2.45, 2.75) is 45.7 Å². The number of rotatable bonds is 4. The summed E-state index contributed by atoms with van der Waals surface area (Å²) in [5, 5.41) is 7.56. The van der Waals surface area contributed by atoms with E-state index >= 15 is 0 Å². The average molecular weight is 393 g/mol. The van der Waals surface area contributed by atoms with Crippen LogP contribution in [0.2, 0.25) is 0 Å². The predicted molar refractivity (Wildman–Crippen MR) is 110 cm³/mol. The molecule has 0 bridgehead atoms. The molecule has 0 spiro atoms. The summed E-state index contributed by atoms with van der Waals surface area (Å²) >= 11 is 0. The SMILES string of the molecule is Cc1ccccc1NC(=O)N(Cc1nc2n(n1)CCCCC2)c1ccc(F)cc1. The van der Waals surface area contributed by atoms with Gasteiger partial charge in [0.05, 0.1) is 6.54 Å². The zero-order valence-corrected chi connectivity index (χ0v) is 16.4. The molecule has 2 aromatic carbocycles. The Morgan fingerprint density at radius 3 is 2.72 bits per heavy atom. The third kappa shape index (κ3) is 4.45. The number of amides is 2. The summed E-state index contributed by atoms with van der Waals surface area (Å²) in [5.41, 5.74) is 2.28. The van der Waals surface area contributed by atoms with E-state index in [0.717, 1.165) is 42.9 Å². The molecule has 2 amide bonds. The lowest BCUT2D eigenvalue weighted by atomic mass is 10.2. The number of hydrogen-bond donors (Lipinski definition) is 1. The first kappa shape index (κ1) is 19.1. The van der Waals surface area contributed by atoms with Gasteiger partial charge in [0.25, 0.3) is 0 Å². The minimum Gasteiger partial charge on any atom is -0.307 e. The van der Waals surface area contributed by atoms with E-state index in [-0.39, 0.29) is 18.4 Å².